The lowest BCUT2D eigenvalue weighted by Crippen LogP contribution is -2.27. The summed E-state index contributed by atoms with van der Waals surface area (Å²) in [5, 5.41) is 11.7. The number of rotatable bonds is 13. The van der Waals surface area contributed by atoms with Gasteiger partial charge in [-0.2, -0.15) is 0 Å². The van der Waals surface area contributed by atoms with Crippen LogP contribution in [0, 0.1) is 5.41 Å². The highest BCUT2D eigenvalue weighted by molar-refractivity contribution is 6.12. The maximum atomic E-state index is 10.8. The van der Waals surface area contributed by atoms with Crippen LogP contribution in [0.15, 0.2) is 36.4 Å². The second kappa shape index (κ2) is 12.0. The Labute approximate surface area is 186 Å². The lowest BCUT2D eigenvalue weighted by Gasteiger charge is -2.24. The number of nitrogens with one attached hydrogen (secondary N) is 2. The Bertz CT molecular complexity index is 859. The van der Waals surface area contributed by atoms with Gasteiger partial charge < -0.3 is 19.7 Å². The number of carbonyl (C=O) groups excluding carboxylic acids is 1. The number of benzene rings is 2. The highest BCUT2D eigenvalue weighted by Crippen LogP contribution is 2.32. The highest BCUT2D eigenvalue weighted by atomic mass is 16.5. The third kappa shape index (κ3) is 6.23. The third-order valence-electron chi connectivity index (χ3n) is 5.27. The fourth-order valence-electron chi connectivity index (χ4n) is 3.73. The van der Waals surface area contributed by atoms with Gasteiger partial charge in [-0.1, -0.05) is 26.0 Å². The van der Waals surface area contributed by atoms with E-state index < -0.39 is 0 Å². The monoisotopic (exact) mass is 425 g/mol. The normalized spacial score (nSPS) is 11.5. The summed E-state index contributed by atoms with van der Waals surface area (Å²) >= 11 is 0. The van der Waals surface area contributed by atoms with E-state index in [2.05, 4.69) is 36.2 Å². The van der Waals surface area contributed by atoms with Crippen molar-refractivity contribution in [3.63, 3.8) is 0 Å². The van der Waals surface area contributed by atoms with Crippen molar-refractivity contribution in [2.75, 3.05) is 32.2 Å². The van der Waals surface area contributed by atoms with Crippen LogP contribution in [0.5, 0.6) is 11.5 Å². The van der Waals surface area contributed by atoms with E-state index in [1.165, 1.54) is 5.69 Å². The van der Waals surface area contributed by atoms with Gasteiger partial charge in [0.05, 0.1) is 19.9 Å². The largest absolute Gasteiger partial charge is 0.493 e. The second-order valence-electron chi connectivity index (χ2n) is 7.66. The standard InChI is InChI=1S/C25H35N3O3/c1-6-12-28(13-7-2)21-10-8-19(9-11-21)25(26)22-16-24(31-5)23(30-4)15-20(22)14-18(3)27-17-29/h8-11,15-18,26H,6-7,12-14H2,1-5H3,(H,27,29). The molecular weight excluding hydrogens is 390 g/mol. The van der Waals surface area contributed by atoms with E-state index in [-0.39, 0.29) is 6.04 Å². The van der Waals surface area contributed by atoms with Crippen molar-refractivity contribution in [2.45, 2.75) is 46.1 Å². The van der Waals surface area contributed by atoms with E-state index in [4.69, 9.17) is 14.9 Å². The van der Waals surface area contributed by atoms with Crippen LogP contribution in [0.4, 0.5) is 5.69 Å². The van der Waals surface area contributed by atoms with Gasteiger partial charge in [0.1, 0.15) is 0 Å². The minimum absolute atomic E-state index is 0.0684. The molecule has 1 amide bonds. The maximum Gasteiger partial charge on any atom is 0.207 e. The van der Waals surface area contributed by atoms with E-state index >= 15 is 0 Å². The number of carbonyl (C=O) groups is 1. The molecule has 2 rings (SSSR count). The van der Waals surface area contributed by atoms with E-state index in [1.54, 1.807) is 14.2 Å². The molecule has 2 aromatic rings. The third-order valence-corrected chi connectivity index (χ3v) is 5.27. The molecule has 6 heteroatoms. The van der Waals surface area contributed by atoms with Gasteiger partial charge in [-0.3, -0.25) is 10.2 Å². The highest BCUT2D eigenvalue weighted by Gasteiger charge is 2.18. The molecular formula is C25H35N3O3. The van der Waals surface area contributed by atoms with Gasteiger partial charge in [0.25, 0.3) is 0 Å². The molecule has 1 unspecified atom stereocenters. The van der Waals surface area contributed by atoms with Crippen molar-refractivity contribution >= 4 is 17.8 Å². The predicted molar refractivity (Wildman–Crippen MR) is 127 cm³/mol. The molecule has 0 saturated carbocycles. The summed E-state index contributed by atoms with van der Waals surface area (Å²) in [5.41, 5.74) is 4.12. The molecule has 0 aliphatic carbocycles. The Hall–Kier alpha value is -3.02. The van der Waals surface area contributed by atoms with Crippen LogP contribution in [-0.4, -0.2) is 45.5 Å². The first-order valence-electron chi connectivity index (χ1n) is 10.9. The van der Waals surface area contributed by atoms with Crippen molar-refractivity contribution in [2.24, 2.45) is 0 Å². The second-order valence-corrected chi connectivity index (χ2v) is 7.66. The maximum absolute atomic E-state index is 10.8. The van der Waals surface area contributed by atoms with Crippen LogP contribution < -0.4 is 19.7 Å². The number of nitrogens with zero attached hydrogens (tertiary/aromatic N) is 1. The molecule has 0 radical (unpaired) electrons. The van der Waals surface area contributed by atoms with Crippen LogP contribution in [0.1, 0.15) is 50.3 Å². The van der Waals surface area contributed by atoms with Crippen LogP contribution in [0.3, 0.4) is 0 Å². The van der Waals surface area contributed by atoms with Gasteiger partial charge in [0, 0.05) is 35.9 Å². The summed E-state index contributed by atoms with van der Waals surface area (Å²) < 4.78 is 10.9. The number of hydrogen-bond acceptors (Lipinski definition) is 5. The van der Waals surface area contributed by atoms with Crippen LogP contribution in [0.25, 0.3) is 0 Å². The van der Waals surface area contributed by atoms with Crippen molar-refractivity contribution in [3.05, 3.63) is 53.1 Å². The molecule has 0 saturated heterocycles. The zero-order valence-corrected chi connectivity index (χ0v) is 19.3. The molecule has 0 aromatic heterocycles. The molecule has 2 N–H and O–H groups in total. The SMILES string of the molecule is CCCN(CCC)c1ccc(C(=N)c2cc(OC)c(OC)cc2CC(C)NC=O)cc1. The summed E-state index contributed by atoms with van der Waals surface area (Å²) in [5.74, 6) is 1.19. The van der Waals surface area contributed by atoms with Gasteiger partial charge in [-0.25, -0.2) is 0 Å². The van der Waals surface area contributed by atoms with Crippen molar-refractivity contribution in [1.82, 2.24) is 5.32 Å². The molecule has 0 aliphatic heterocycles. The van der Waals surface area contributed by atoms with Crippen molar-refractivity contribution in [3.8, 4) is 11.5 Å². The molecule has 0 bridgehead atoms. The molecule has 0 heterocycles. The van der Waals surface area contributed by atoms with Crippen LogP contribution >= 0.6 is 0 Å². The summed E-state index contributed by atoms with van der Waals surface area (Å²) in [6.07, 6.45) is 3.47. The fraction of sp³-hybridized carbons (Fsp3) is 0.440. The molecule has 2 aromatic carbocycles. The molecule has 168 valence electrons. The summed E-state index contributed by atoms with van der Waals surface area (Å²) in [6.45, 7) is 8.35. The van der Waals surface area contributed by atoms with Crippen molar-refractivity contribution < 1.29 is 14.3 Å². The van der Waals surface area contributed by atoms with E-state index in [1.807, 2.05) is 31.2 Å². The summed E-state index contributed by atoms with van der Waals surface area (Å²) in [7, 11) is 3.18. The van der Waals surface area contributed by atoms with Crippen LogP contribution in [-0.2, 0) is 11.2 Å². The number of amides is 1. The molecule has 0 aliphatic rings. The lowest BCUT2D eigenvalue weighted by atomic mass is 9.93. The lowest BCUT2D eigenvalue weighted by molar-refractivity contribution is -0.110. The van der Waals surface area contributed by atoms with E-state index in [0.29, 0.717) is 30.0 Å². The Morgan fingerprint density at radius 1 is 1.06 bits per heavy atom. The Kier molecular flexibility index (Phi) is 9.38. The number of methoxy groups -OCH3 is 2. The minimum Gasteiger partial charge on any atom is -0.493 e. The topological polar surface area (TPSA) is 74.7 Å². The van der Waals surface area contributed by atoms with Crippen molar-refractivity contribution in [1.29, 1.82) is 5.41 Å². The number of ether oxygens (including phenoxy) is 2. The molecule has 31 heavy (non-hydrogen) atoms. The zero-order chi connectivity index (χ0) is 22.8. The van der Waals surface area contributed by atoms with Gasteiger partial charge in [0.2, 0.25) is 6.41 Å². The molecule has 0 fully saturated rings. The smallest absolute Gasteiger partial charge is 0.207 e. The first-order valence-corrected chi connectivity index (χ1v) is 10.9. The van der Waals surface area contributed by atoms with Gasteiger partial charge in [-0.05, 0) is 56.0 Å². The summed E-state index contributed by atoms with van der Waals surface area (Å²) in [6, 6.07) is 11.9. The van der Waals surface area contributed by atoms with Crippen LogP contribution in [0.2, 0.25) is 0 Å². The molecule has 6 nitrogen and oxygen atoms in total. The number of hydrogen-bond donors (Lipinski definition) is 2. The van der Waals surface area contributed by atoms with Gasteiger partial charge >= 0.3 is 0 Å². The Morgan fingerprint density at radius 2 is 1.65 bits per heavy atom. The average Bonchev–Trinajstić information content (AvgIpc) is 2.78. The van der Waals surface area contributed by atoms with Gasteiger partial charge in [0.15, 0.2) is 11.5 Å². The average molecular weight is 426 g/mol. The number of anilines is 1. The van der Waals surface area contributed by atoms with E-state index in [0.717, 1.165) is 42.6 Å². The molecule has 1 atom stereocenters. The Morgan fingerprint density at radius 3 is 2.16 bits per heavy atom. The summed E-state index contributed by atoms with van der Waals surface area (Å²) in [4.78, 5) is 13.2. The Balaban J connectivity index is 2.41. The predicted octanol–water partition coefficient (Wildman–Crippen LogP) is 4.42. The quantitative estimate of drug-likeness (QED) is 0.368. The first-order chi connectivity index (χ1) is 15.0. The fourth-order valence-corrected chi connectivity index (χ4v) is 3.73. The van der Waals surface area contributed by atoms with Gasteiger partial charge in [-0.15, -0.1) is 0 Å². The first kappa shape index (κ1) is 24.3. The molecule has 0 spiro atoms. The van der Waals surface area contributed by atoms with E-state index in [9.17, 15) is 4.79 Å². The zero-order valence-electron chi connectivity index (χ0n) is 19.3. The minimum atomic E-state index is -0.0684.